The van der Waals surface area contributed by atoms with E-state index in [1.165, 1.54) is 0 Å². The second-order valence-electron chi connectivity index (χ2n) is 4.46. The molecule has 1 aromatic heterocycles. The van der Waals surface area contributed by atoms with Crippen LogP contribution in [0.5, 0.6) is 0 Å². The molecular weight excluding hydrogens is 309 g/mol. The molecule has 0 aliphatic heterocycles. The Balaban J connectivity index is 2.36. The zero-order chi connectivity index (χ0) is 15.4. The summed E-state index contributed by atoms with van der Waals surface area (Å²) in [7, 11) is 0. The van der Waals surface area contributed by atoms with Crippen LogP contribution in [0.4, 0.5) is 17.6 Å². The van der Waals surface area contributed by atoms with E-state index in [-0.39, 0.29) is 5.28 Å². The van der Waals surface area contributed by atoms with Crippen molar-refractivity contribution in [2.24, 2.45) is 0 Å². The molecule has 0 radical (unpaired) electrons. The molecule has 0 aliphatic rings. The first-order valence-electron chi connectivity index (χ1n) is 6.73. The summed E-state index contributed by atoms with van der Waals surface area (Å²) >= 11 is 12.2. The Bertz CT molecular complexity index is 609. The number of rotatable bonds is 5. The first-order valence-corrected chi connectivity index (χ1v) is 7.49. The summed E-state index contributed by atoms with van der Waals surface area (Å²) in [5.41, 5.74) is 1.77. The quantitative estimate of drug-likeness (QED) is 0.897. The normalized spacial score (nSPS) is 10.5. The van der Waals surface area contributed by atoms with Gasteiger partial charge in [-0.15, -0.1) is 0 Å². The molecule has 0 atom stereocenters. The van der Waals surface area contributed by atoms with Crippen LogP contribution in [0.25, 0.3) is 0 Å². The van der Waals surface area contributed by atoms with Gasteiger partial charge in [-0.05, 0) is 44.0 Å². The van der Waals surface area contributed by atoms with Crippen LogP contribution >= 0.6 is 23.2 Å². The summed E-state index contributed by atoms with van der Waals surface area (Å²) < 4.78 is 0. The predicted molar refractivity (Wildman–Crippen MR) is 87.9 cm³/mol. The number of hydrogen-bond donors (Lipinski definition) is 1. The molecule has 112 valence electrons. The second kappa shape index (κ2) is 6.91. The summed E-state index contributed by atoms with van der Waals surface area (Å²) in [6.07, 6.45) is 0. The Morgan fingerprint density at radius 3 is 2.43 bits per heavy atom. The van der Waals surface area contributed by atoms with Crippen molar-refractivity contribution in [1.82, 2.24) is 15.0 Å². The van der Waals surface area contributed by atoms with Gasteiger partial charge in [0.25, 0.3) is 0 Å². The molecule has 0 aliphatic carbocycles. The highest BCUT2D eigenvalue weighted by Gasteiger charge is 2.12. The van der Waals surface area contributed by atoms with Crippen molar-refractivity contribution in [2.45, 2.75) is 20.8 Å². The van der Waals surface area contributed by atoms with E-state index < -0.39 is 0 Å². The van der Waals surface area contributed by atoms with Crippen LogP contribution in [0.3, 0.4) is 0 Å². The van der Waals surface area contributed by atoms with Crippen molar-refractivity contribution >= 4 is 40.8 Å². The number of benzene rings is 1. The van der Waals surface area contributed by atoms with Crippen LogP contribution < -0.4 is 10.2 Å². The Kier molecular flexibility index (Phi) is 5.20. The number of nitrogens with one attached hydrogen (secondary N) is 1. The minimum atomic E-state index is 0.152. The molecule has 0 fully saturated rings. The predicted octanol–water partition coefficient (Wildman–Crippen LogP) is 4.08. The van der Waals surface area contributed by atoms with Gasteiger partial charge in [0.2, 0.25) is 17.2 Å². The van der Waals surface area contributed by atoms with Gasteiger partial charge < -0.3 is 10.2 Å². The maximum atomic E-state index is 6.20. The summed E-state index contributed by atoms with van der Waals surface area (Å²) in [4.78, 5) is 14.7. The highest BCUT2D eigenvalue weighted by molar-refractivity contribution is 6.33. The van der Waals surface area contributed by atoms with Crippen LogP contribution in [-0.4, -0.2) is 28.0 Å². The van der Waals surface area contributed by atoms with Crippen LogP contribution in [0, 0.1) is 6.92 Å². The van der Waals surface area contributed by atoms with Crippen molar-refractivity contribution in [2.75, 3.05) is 23.3 Å². The van der Waals surface area contributed by atoms with Crippen molar-refractivity contribution in [1.29, 1.82) is 0 Å². The Hall–Kier alpha value is -1.59. The van der Waals surface area contributed by atoms with Crippen molar-refractivity contribution in [3.63, 3.8) is 0 Å². The Morgan fingerprint density at radius 2 is 1.81 bits per heavy atom. The molecular formula is C14H17Cl2N5. The lowest BCUT2D eigenvalue weighted by atomic mass is 10.2. The first kappa shape index (κ1) is 15.8. The number of aromatic nitrogens is 3. The van der Waals surface area contributed by atoms with Gasteiger partial charge in [-0.1, -0.05) is 23.7 Å². The van der Waals surface area contributed by atoms with Gasteiger partial charge >= 0.3 is 0 Å². The monoisotopic (exact) mass is 325 g/mol. The fraction of sp³-hybridized carbons (Fsp3) is 0.357. The van der Waals surface area contributed by atoms with E-state index >= 15 is 0 Å². The van der Waals surface area contributed by atoms with Gasteiger partial charge in [0.1, 0.15) is 0 Å². The van der Waals surface area contributed by atoms with E-state index in [2.05, 4.69) is 20.3 Å². The number of para-hydroxylation sites is 1. The fourth-order valence-corrected chi connectivity index (χ4v) is 2.37. The SMILES string of the molecule is CCN(CC)c1nc(Cl)nc(Nc2c(C)cccc2Cl)n1. The largest absolute Gasteiger partial charge is 0.341 e. The van der Waals surface area contributed by atoms with Crippen molar-refractivity contribution < 1.29 is 0 Å². The summed E-state index contributed by atoms with van der Waals surface area (Å²) in [5, 5.41) is 3.88. The Labute approximate surface area is 134 Å². The molecule has 0 amide bonds. The van der Waals surface area contributed by atoms with E-state index in [1.807, 2.05) is 43.9 Å². The molecule has 5 nitrogen and oxygen atoms in total. The molecule has 21 heavy (non-hydrogen) atoms. The van der Waals surface area contributed by atoms with Gasteiger partial charge in [0.05, 0.1) is 10.7 Å². The van der Waals surface area contributed by atoms with E-state index in [0.29, 0.717) is 16.9 Å². The molecule has 2 rings (SSSR count). The van der Waals surface area contributed by atoms with Crippen LogP contribution in [0.1, 0.15) is 19.4 Å². The third-order valence-corrected chi connectivity index (χ3v) is 3.59. The van der Waals surface area contributed by atoms with Crippen LogP contribution in [-0.2, 0) is 0 Å². The van der Waals surface area contributed by atoms with Gasteiger partial charge in [-0.2, -0.15) is 15.0 Å². The first-order chi connectivity index (χ1) is 10.0. The van der Waals surface area contributed by atoms with E-state index in [1.54, 1.807) is 0 Å². The Morgan fingerprint density at radius 1 is 1.10 bits per heavy atom. The summed E-state index contributed by atoms with van der Waals surface area (Å²) in [6.45, 7) is 7.62. The summed E-state index contributed by atoms with van der Waals surface area (Å²) in [6, 6.07) is 5.66. The number of halogens is 2. The third-order valence-electron chi connectivity index (χ3n) is 3.10. The highest BCUT2D eigenvalue weighted by atomic mass is 35.5. The average Bonchev–Trinajstić information content (AvgIpc) is 2.44. The van der Waals surface area contributed by atoms with E-state index in [0.717, 1.165) is 24.3 Å². The number of nitrogens with zero attached hydrogens (tertiary/aromatic N) is 4. The molecule has 0 saturated carbocycles. The topological polar surface area (TPSA) is 53.9 Å². The molecule has 0 unspecified atom stereocenters. The smallest absolute Gasteiger partial charge is 0.233 e. The second-order valence-corrected chi connectivity index (χ2v) is 5.20. The number of hydrogen-bond acceptors (Lipinski definition) is 5. The third kappa shape index (κ3) is 3.74. The van der Waals surface area contributed by atoms with Crippen molar-refractivity contribution in [3.8, 4) is 0 Å². The van der Waals surface area contributed by atoms with Gasteiger partial charge in [0, 0.05) is 13.1 Å². The summed E-state index contributed by atoms with van der Waals surface area (Å²) in [5.74, 6) is 0.931. The van der Waals surface area contributed by atoms with Crippen LogP contribution in [0.15, 0.2) is 18.2 Å². The molecule has 7 heteroatoms. The molecule has 1 heterocycles. The van der Waals surface area contributed by atoms with E-state index in [9.17, 15) is 0 Å². The van der Waals surface area contributed by atoms with E-state index in [4.69, 9.17) is 23.2 Å². The maximum absolute atomic E-state index is 6.20. The minimum absolute atomic E-state index is 0.152. The molecule has 1 N–H and O–H groups in total. The zero-order valence-electron chi connectivity index (χ0n) is 12.2. The fourth-order valence-electron chi connectivity index (χ4n) is 1.95. The highest BCUT2D eigenvalue weighted by Crippen LogP contribution is 2.28. The van der Waals surface area contributed by atoms with Gasteiger partial charge in [0.15, 0.2) is 0 Å². The lowest BCUT2D eigenvalue weighted by molar-refractivity contribution is 0.813. The maximum Gasteiger partial charge on any atom is 0.233 e. The lowest BCUT2D eigenvalue weighted by Crippen LogP contribution is -2.24. The number of aryl methyl sites for hydroxylation is 1. The lowest BCUT2D eigenvalue weighted by Gasteiger charge is -2.19. The molecule has 0 saturated heterocycles. The van der Waals surface area contributed by atoms with Crippen molar-refractivity contribution in [3.05, 3.63) is 34.1 Å². The average molecular weight is 326 g/mol. The van der Waals surface area contributed by atoms with Crippen LogP contribution in [0.2, 0.25) is 10.3 Å². The molecule has 1 aromatic carbocycles. The van der Waals surface area contributed by atoms with Gasteiger partial charge in [-0.3, -0.25) is 0 Å². The zero-order valence-corrected chi connectivity index (χ0v) is 13.7. The van der Waals surface area contributed by atoms with Gasteiger partial charge in [-0.25, -0.2) is 0 Å². The standard InChI is InChI=1S/C14H17Cl2N5/c1-4-21(5-2)14-19-12(16)18-13(20-14)17-11-9(3)7-6-8-10(11)15/h6-8H,4-5H2,1-3H3,(H,17,18,19,20). The number of anilines is 3. The molecule has 2 aromatic rings. The minimum Gasteiger partial charge on any atom is -0.341 e. The molecule has 0 bridgehead atoms. The molecule has 0 spiro atoms.